The number of amides is 2. The van der Waals surface area contributed by atoms with Gasteiger partial charge in [-0.15, -0.1) is 0 Å². The summed E-state index contributed by atoms with van der Waals surface area (Å²) in [6, 6.07) is 12.2. The molecule has 0 radical (unpaired) electrons. The zero-order chi connectivity index (χ0) is 21.4. The summed E-state index contributed by atoms with van der Waals surface area (Å²) in [5, 5.41) is 13.1. The first-order valence-corrected chi connectivity index (χ1v) is 10.1. The molecular formula is C21H20ClN3O5. The van der Waals surface area contributed by atoms with Gasteiger partial charge in [-0.05, 0) is 36.2 Å². The summed E-state index contributed by atoms with van der Waals surface area (Å²) in [6.07, 6.45) is 0.654. The predicted molar refractivity (Wildman–Crippen MR) is 110 cm³/mol. The minimum Gasteiger partial charge on any atom is -0.280 e. The number of non-ortho nitro benzene ring substituents is 1. The van der Waals surface area contributed by atoms with Gasteiger partial charge in [0.1, 0.15) is 5.92 Å². The molecule has 2 aromatic carbocycles. The van der Waals surface area contributed by atoms with Gasteiger partial charge in [0.25, 0.3) is 11.6 Å². The van der Waals surface area contributed by atoms with Gasteiger partial charge >= 0.3 is 0 Å². The Morgan fingerprint density at radius 2 is 1.73 bits per heavy atom. The molecule has 3 unspecified atom stereocenters. The topological polar surface area (TPSA) is 93.0 Å². The van der Waals surface area contributed by atoms with Crippen molar-refractivity contribution < 1.29 is 19.3 Å². The smallest absolute Gasteiger partial charge is 0.269 e. The summed E-state index contributed by atoms with van der Waals surface area (Å²) in [5.41, 5.74) is 1.24. The predicted octanol–water partition coefficient (Wildman–Crippen LogP) is 3.89. The highest BCUT2D eigenvalue weighted by molar-refractivity contribution is 6.30. The van der Waals surface area contributed by atoms with Gasteiger partial charge in [0.2, 0.25) is 5.91 Å². The van der Waals surface area contributed by atoms with Crippen LogP contribution in [0.3, 0.4) is 0 Å². The lowest BCUT2D eigenvalue weighted by atomic mass is 9.90. The van der Waals surface area contributed by atoms with E-state index in [9.17, 15) is 19.7 Å². The highest BCUT2D eigenvalue weighted by Gasteiger charge is 2.59. The molecule has 3 atom stereocenters. The van der Waals surface area contributed by atoms with E-state index in [-0.39, 0.29) is 17.5 Å². The van der Waals surface area contributed by atoms with Crippen LogP contribution in [-0.2, 0) is 14.4 Å². The van der Waals surface area contributed by atoms with E-state index in [1.54, 1.807) is 41.5 Å². The fourth-order valence-corrected chi connectivity index (χ4v) is 4.08. The first-order valence-electron chi connectivity index (χ1n) is 9.73. The zero-order valence-electron chi connectivity index (χ0n) is 16.2. The molecule has 2 heterocycles. The highest BCUT2D eigenvalue weighted by atomic mass is 35.5. The largest absolute Gasteiger partial charge is 0.280 e. The van der Waals surface area contributed by atoms with Crippen molar-refractivity contribution in [1.29, 1.82) is 0 Å². The van der Waals surface area contributed by atoms with Gasteiger partial charge in [-0.3, -0.25) is 29.4 Å². The van der Waals surface area contributed by atoms with E-state index in [1.165, 1.54) is 17.0 Å². The molecule has 0 aliphatic carbocycles. The maximum absolute atomic E-state index is 13.2. The third-order valence-corrected chi connectivity index (χ3v) is 5.72. The quantitative estimate of drug-likeness (QED) is 0.393. The Bertz CT molecular complexity index is 979. The first-order chi connectivity index (χ1) is 14.4. The number of fused-ring (bicyclic) bond motifs is 1. The molecule has 0 aromatic heterocycles. The number of nitro groups is 1. The minimum atomic E-state index is -0.926. The van der Waals surface area contributed by atoms with Crippen LogP contribution in [-0.4, -0.2) is 34.3 Å². The summed E-state index contributed by atoms with van der Waals surface area (Å²) in [5.74, 6) is -1.36. The number of hydrogen-bond acceptors (Lipinski definition) is 6. The van der Waals surface area contributed by atoms with Crippen LogP contribution < -0.4 is 5.06 Å². The SMILES string of the molecule is CCCCN1C(=O)C2ON(c3ccc(Cl)cc3)C(c3ccc([N+](=O)[O-])cc3)C2C1=O. The summed E-state index contributed by atoms with van der Waals surface area (Å²) < 4.78 is 0. The molecule has 2 aromatic rings. The molecule has 9 heteroatoms. The van der Waals surface area contributed by atoms with Crippen molar-refractivity contribution in [2.75, 3.05) is 11.6 Å². The van der Waals surface area contributed by atoms with Crippen LogP contribution in [0.15, 0.2) is 48.5 Å². The Balaban J connectivity index is 1.74. The van der Waals surface area contributed by atoms with Crippen LogP contribution in [0.2, 0.25) is 5.02 Å². The summed E-state index contributed by atoms with van der Waals surface area (Å²) in [4.78, 5) is 43.9. The van der Waals surface area contributed by atoms with Crippen LogP contribution in [0, 0.1) is 16.0 Å². The van der Waals surface area contributed by atoms with Gasteiger partial charge in [-0.2, -0.15) is 0 Å². The number of carbonyl (C=O) groups excluding carboxylic acids is 2. The fraction of sp³-hybridized carbons (Fsp3) is 0.333. The molecule has 2 fully saturated rings. The summed E-state index contributed by atoms with van der Waals surface area (Å²) in [6.45, 7) is 2.35. The molecule has 4 rings (SSSR count). The Hall–Kier alpha value is -2.97. The molecule has 2 amide bonds. The molecule has 2 aliphatic heterocycles. The van der Waals surface area contributed by atoms with E-state index in [1.807, 2.05) is 6.92 Å². The van der Waals surface area contributed by atoms with E-state index >= 15 is 0 Å². The van der Waals surface area contributed by atoms with Crippen molar-refractivity contribution >= 4 is 34.8 Å². The first kappa shape index (κ1) is 20.3. The monoisotopic (exact) mass is 429 g/mol. The second kappa shape index (κ2) is 8.04. The lowest BCUT2D eigenvalue weighted by Crippen LogP contribution is -2.37. The Morgan fingerprint density at radius 1 is 1.07 bits per heavy atom. The molecule has 0 N–H and O–H groups in total. The average Bonchev–Trinajstić information content (AvgIpc) is 3.24. The van der Waals surface area contributed by atoms with Crippen LogP contribution in [0.25, 0.3) is 0 Å². The third-order valence-electron chi connectivity index (χ3n) is 5.47. The number of hydrogen-bond donors (Lipinski definition) is 0. The number of hydroxylamine groups is 1. The van der Waals surface area contributed by atoms with Crippen LogP contribution in [0.5, 0.6) is 0 Å². The number of unbranched alkanes of at least 4 members (excludes halogenated alkanes) is 1. The van der Waals surface area contributed by atoms with Crippen molar-refractivity contribution in [2.24, 2.45) is 5.92 Å². The minimum absolute atomic E-state index is 0.0503. The molecule has 0 bridgehead atoms. The fourth-order valence-electron chi connectivity index (χ4n) is 3.95. The molecule has 8 nitrogen and oxygen atoms in total. The van der Waals surface area contributed by atoms with Crippen molar-refractivity contribution in [1.82, 2.24) is 4.90 Å². The van der Waals surface area contributed by atoms with Gasteiger partial charge < -0.3 is 0 Å². The molecule has 2 saturated heterocycles. The van der Waals surface area contributed by atoms with E-state index in [0.717, 1.165) is 12.8 Å². The number of imide groups is 1. The Kier molecular flexibility index (Phi) is 5.44. The standard InChI is InChI=1S/C21H20ClN3O5/c1-2-3-12-23-20(26)17-18(13-4-8-16(9-5-13)25(28)29)24(30-19(17)21(23)27)15-10-6-14(22)7-11-15/h4-11,17-19H,2-3,12H2,1H3. The van der Waals surface area contributed by atoms with Crippen molar-refractivity contribution in [3.05, 3.63) is 69.2 Å². The number of nitrogens with zero attached hydrogens (tertiary/aromatic N) is 3. The second-order valence-electron chi connectivity index (χ2n) is 7.33. The normalized spacial score (nSPS) is 23.2. The number of anilines is 1. The maximum atomic E-state index is 13.2. The Labute approximate surface area is 178 Å². The number of rotatable bonds is 6. The molecule has 2 aliphatic rings. The highest BCUT2D eigenvalue weighted by Crippen LogP contribution is 2.47. The molecule has 0 spiro atoms. The second-order valence-corrected chi connectivity index (χ2v) is 7.77. The molecule has 30 heavy (non-hydrogen) atoms. The molecule has 0 saturated carbocycles. The number of nitro benzene ring substituents is 1. The Morgan fingerprint density at radius 3 is 2.33 bits per heavy atom. The van der Waals surface area contributed by atoms with Gasteiger partial charge in [0, 0.05) is 23.7 Å². The van der Waals surface area contributed by atoms with E-state index in [4.69, 9.17) is 16.4 Å². The summed E-state index contributed by atoms with van der Waals surface area (Å²) >= 11 is 5.99. The zero-order valence-corrected chi connectivity index (χ0v) is 17.0. The van der Waals surface area contributed by atoms with E-state index in [0.29, 0.717) is 22.8 Å². The third kappa shape index (κ3) is 3.42. The summed E-state index contributed by atoms with van der Waals surface area (Å²) in [7, 11) is 0. The van der Waals surface area contributed by atoms with Crippen LogP contribution >= 0.6 is 11.6 Å². The van der Waals surface area contributed by atoms with Crippen molar-refractivity contribution in [3.8, 4) is 0 Å². The van der Waals surface area contributed by atoms with E-state index < -0.39 is 23.0 Å². The van der Waals surface area contributed by atoms with Gasteiger partial charge in [0.05, 0.1) is 16.7 Å². The molecule has 156 valence electrons. The number of halogens is 1. The number of carbonyl (C=O) groups is 2. The lowest BCUT2D eigenvalue weighted by molar-refractivity contribution is -0.384. The van der Waals surface area contributed by atoms with Crippen molar-refractivity contribution in [3.63, 3.8) is 0 Å². The van der Waals surface area contributed by atoms with Crippen LogP contribution in [0.1, 0.15) is 31.4 Å². The number of benzene rings is 2. The van der Waals surface area contributed by atoms with Gasteiger partial charge in [0.15, 0.2) is 6.10 Å². The maximum Gasteiger partial charge on any atom is 0.269 e. The molecular weight excluding hydrogens is 410 g/mol. The van der Waals surface area contributed by atoms with Gasteiger partial charge in [-0.1, -0.05) is 37.1 Å². The number of likely N-dealkylation sites (tertiary alicyclic amines) is 1. The van der Waals surface area contributed by atoms with Crippen LogP contribution in [0.4, 0.5) is 11.4 Å². The van der Waals surface area contributed by atoms with Crippen molar-refractivity contribution in [2.45, 2.75) is 31.9 Å². The van der Waals surface area contributed by atoms with Gasteiger partial charge in [-0.25, -0.2) is 5.06 Å². The van der Waals surface area contributed by atoms with E-state index in [2.05, 4.69) is 0 Å². The average molecular weight is 430 g/mol. The lowest BCUT2D eigenvalue weighted by Gasteiger charge is -2.28.